The van der Waals surface area contributed by atoms with E-state index in [0.29, 0.717) is 12.0 Å². The lowest BCUT2D eigenvalue weighted by molar-refractivity contribution is 0.561. The van der Waals surface area contributed by atoms with Crippen molar-refractivity contribution in [2.75, 3.05) is 11.2 Å². The minimum Gasteiger partial charge on any atom is -0.367 e. The number of rotatable bonds is 3. The standard InChI is InChI=1S/C11H14BrClN2/c12-9-4-5-11(14-7-9)15-10-3-1-2-8(10)6-13/h4-5,7-8,10H,1-3,6H2,(H,14,15). The Hall–Kier alpha value is -0.280. The van der Waals surface area contributed by atoms with Crippen molar-refractivity contribution in [1.82, 2.24) is 4.98 Å². The van der Waals surface area contributed by atoms with Gasteiger partial charge >= 0.3 is 0 Å². The lowest BCUT2D eigenvalue weighted by atomic mass is 10.1. The first-order valence-corrected chi connectivity index (χ1v) is 6.56. The van der Waals surface area contributed by atoms with Crippen LogP contribution >= 0.6 is 27.5 Å². The zero-order valence-corrected chi connectivity index (χ0v) is 10.8. The predicted octanol–water partition coefficient (Wildman–Crippen LogP) is 3.66. The fraction of sp³-hybridized carbons (Fsp3) is 0.545. The van der Waals surface area contributed by atoms with Gasteiger partial charge in [-0.1, -0.05) is 6.42 Å². The number of pyridine rings is 1. The Bertz CT molecular complexity index is 315. The summed E-state index contributed by atoms with van der Waals surface area (Å²) in [5.74, 6) is 2.28. The predicted molar refractivity (Wildman–Crippen MR) is 67.4 cm³/mol. The Morgan fingerprint density at radius 2 is 2.33 bits per heavy atom. The van der Waals surface area contributed by atoms with Crippen LogP contribution in [0.25, 0.3) is 0 Å². The minimum absolute atomic E-state index is 0.496. The van der Waals surface area contributed by atoms with E-state index in [9.17, 15) is 0 Å². The second kappa shape index (κ2) is 5.17. The number of hydrogen-bond acceptors (Lipinski definition) is 2. The van der Waals surface area contributed by atoms with Crippen LogP contribution in [0, 0.1) is 5.92 Å². The van der Waals surface area contributed by atoms with E-state index in [-0.39, 0.29) is 0 Å². The summed E-state index contributed by atoms with van der Waals surface area (Å²) in [6.07, 6.45) is 5.52. The summed E-state index contributed by atoms with van der Waals surface area (Å²) in [6, 6.07) is 4.49. The average molecular weight is 290 g/mol. The number of halogens is 2. The maximum absolute atomic E-state index is 5.93. The van der Waals surface area contributed by atoms with Gasteiger partial charge in [0.2, 0.25) is 0 Å². The molecule has 0 radical (unpaired) electrons. The molecule has 15 heavy (non-hydrogen) atoms. The highest BCUT2D eigenvalue weighted by Gasteiger charge is 2.26. The molecular weight excluding hydrogens is 275 g/mol. The number of nitrogens with one attached hydrogen (secondary N) is 1. The first kappa shape index (κ1) is 11.2. The Morgan fingerprint density at radius 1 is 1.47 bits per heavy atom. The molecule has 4 heteroatoms. The Balaban J connectivity index is 1.99. The second-order valence-electron chi connectivity index (χ2n) is 3.96. The van der Waals surface area contributed by atoms with Crippen LogP contribution < -0.4 is 5.32 Å². The van der Waals surface area contributed by atoms with Crippen LogP contribution in [0.4, 0.5) is 5.82 Å². The monoisotopic (exact) mass is 288 g/mol. The van der Waals surface area contributed by atoms with E-state index in [0.717, 1.165) is 16.2 Å². The molecule has 1 fully saturated rings. The molecule has 2 rings (SSSR count). The maximum atomic E-state index is 5.93. The molecule has 0 aromatic carbocycles. The molecule has 1 N–H and O–H groups in total. The molecule has 1 aliphatic rings. The van der Waals surface area contributed by atoms with Crippen LogP contribution in [0.3, 0.4) is 0 Å². The molecule has 0 amide bonds. The highest BCUT2D eigenvalue weighted by atomic mass is 79.9. The lowest BCUT2D eigenvalue weighted by Gasteiger charge is -2.19. The van der Waals surface area contributed by atoms with Crippen molar-refractivity contribution in [3.8, 4) is 0 Å². The van der Waals surface area contributed by atoms with Crippen molar-refractivity contribution in [2.45, 2.75) is 25.3 Å². The third-order valence-electron chi connectivity index (χ3n) is 2.92. The van der Waals surface area contributed by atoms with Gasteiger partial charge in [0.1, 0.15) is 5.82 Å². The molecule has 0 saturated heterocycles. The second-order valence-corrected chi connectivity index (χ2v) is 5.18. The van der Waals surface area contributed by atoms with E-state index in [1.54, 1.807) is 0 Å². The molecule has 0 spiro atoms. The van der Waals surface area contributed by atoms with Gasteiger partial charge in [-0.3, -0.25) is 0 Å². The molecule has 1 saturated carbocycles. The van der Waals surface area contributed by atoms with E-state index in [1.165, 1.54) is 19.3 Å². The Labute approximate surface area is 104 Å². The van der Waals surface area contributed by atoms with E-state index in [4.69, 9.17) is 11.6 Å². The minimum atomic E-state index is 0.496. The summed E-state index contributed by atoms with van der Waals surface area (Å²) in [4.78, 5) is 4.31. The van der Waals surface area contributed by atoms with Crippen molar-refractivity contribution in [1.29, 1.82) is 0 Å². The summed E-state index contributed by atoms with van der Waals surface area (Å²) >= 11 is 9.30. The number of nitrogens with zero attached hydrogens (tertiary/aromatic N) is 1. The summed E-state index contributed by atoms with van der Waals surface area (Å²) < 4.78 is 1.01. The summed E-state index contributed by atoms with van der Waals surface area (Å²) in [5, 5.41) is 3.45. The van der Waals surface area contributed by atoms with Gasteiger partial charge in [0.15, 0.2) is 0 Å². The normalized spacial score (nSPS) is 25.5. The van der Waals surface area contributed by atoms with E-state index in [2.05, 4.69) is 26.2 Å². The SMILES string of the molecule is ClCC1CCCC1Nc1ccc(Br)cn1. The summed E-state index contributed by atoms with van der Waals surface area (Å²) in [6.45, 7) is 0. The molecular formula is C11H14BrClN2. The Kier molecular flexibility index (Phi) is 3.87. The van der Waals surface area contributed by atoms with Crippen molar-refractivity contribution < 1.29 is 0 Å². The number of anilines is 1. The molecule has 1 aromatic rings. The van der Waals surface area contributed by atoms with Crippen LogP contribution in [0.15, 0.2) is 22.8 Å². The summed E-state index contributed by atoms with van der Waals surface area (Å²) in [5.41, 5.74) is 0. The maximum Gasteiger partial charge on any atom is 0.126 e. The van der Waals surface area contributed by atoms with E-state index >= 15 is 0 Å². The summed E-state index contributed by atoms with van der Waals surface area (Å²) in [7, 11) is 0. The van der Waals surface area contributed by atoms with Gasteiger partial charge in [-0.15, -0.1) is 11.6 Å². The van der Waals surface area contributed by atoms with Gasteiger partial charge in [0.05, 0.1) is 0 Å². The molecule has 1 heterocycles. The number of hydrogen-bond donors (Lipinski definition) is 1. The van der Waals surface area contributed by atoms with Gasteiger partial charge < -0.3 is 5.32 Å². The zero-order valence-electron chi connectivity index (χ0n) is 8.42. The van der Waals surface area contributed by atoms with Gasteiger partial charge in [0.25, 0.3) is 0 Å². The fourth-order valence-corrected chi connectivity index (χ4v) is 2.67. The lowest BCUT2D eigenvalue weighted by Crippen LogP contribution is -2.25. The first-order valence-electron chi connectivity index (χ1n) is 5.23. The van der Waals surface area contributed by atoms with Crippen LogP contribution in [-0.2, 0) is 0 Å². The van der Waals surface area contributed by atoms with Gasteiger partial charge in [-0.25, -0.2) is 4.98 Å². The molecule has 0 aliphatic heterocycles. The molecule has 2 atom stereocenters. The first-order chi connectivity index (χ1) is 7.29. The molecule has 0 bridgehead atoms. The zero-order chi connectivity index (χ0) is 10.7. The van der Waals surface area contributed by atoms with Crippen molar-refractivity contribution in [2.24, 2.45) is 5.92 Å². The van der Waals surface area contributed by atoms with E-state index in [1.807, 2.05) is 18.3 Å². The topological polar surface area (TPSA) is 24.9 Å². The van der Waals surface area contributed by atoms with Crippen molar-refractivity contribution in [3.63, 3.8) is 0 Å². The van der Waals surface area contributed by atoms with Gasteiger partial charge in [-0.2, -0.15) is 0 Å². The quantitative estimate of drug-likeness (QED) is 0.859. The molecule has 2 unspecified atom stereocenters. The van der Waals surface area contributed by atoms with Crippen LogP contribution in [0.1, 0.15) is 19.3 Å². The highest BCUT2D eigenvalue weighted by Crippen LogP contribution is 2.29. The van der Waals surface area contributed by atoms with Crippen molar-refractivity contribution in [3.05, 3.63) is 22.8 Å². The molecule has 1 aromatic heterocycles. The molecule has 2 nitrogen and oxygen atoms in total. The number of aromatic nitrogens is 1. The fourth-order valence-electron chi connectivity index (χ4n) is 2.06. The van der Waals surface area contributed by atoms with Crippen LogP contribution in [0.2, 0.25) is 0 Å². The van der Waals surface area contributed by atoms with Crippen molar-refractivity contribution >= 4 is 33.3 Å². The smallest absolute Gasteiger partial charge is 0.126 e. The van der Waals surface area contributed by atoms with Gasteiger partial charge in [-0.05, 0) is 46.8 Å². The highest BCUT2D eigenvalue weighted by molar-refractivity contribution is 9.10. The molecule has 1 aliphatic carbocycles. The Morgan fingerprint density at radius 3 is 3.00 bits per heavy atom. The third kappa shape index (κ3) is 2.85. The number of alkyl halides is 1. The van der Waals surface area contributed by atoms with Crippen LogP contribution in [0.5, 0.6) is 0 Å². The third-order valence-corrected chi connectivity index (χ3v) is 3.78. The van der Waals surface area contributed by atoms with E-state index < -0.39 is 0 Å². The molecule has 82 valence electrons. The van der Waals surface area contributed by atoms with Crippen LogP contribution in [-0.4, -0.2) is 16.9 Å². The van der Waals surface area contributed by atoms with Gasteiger partial charge in [0, 0.05) is 22.6 Å². The largest absolute Gasteiger partial charge is 0.367 e. The average Bonchev–Trinajstić information content (AvgIpc) is 2.69.